The van der Waals surface area contributed by atoms with E-state index in [0.29, 0.717) is 17.5 Å². The summed E-state index contributed by atoms with van der Waals surface area (Å²) in [7, 11) is 0. The Kier molecular flexibility index (Phi) is 3.41. The standard InChI is InChI=1S/C15H18N2O2/c16-9-10-3-4-14-12(8-10)15-11(5-7-19-15)13(17-14)2-1-6-18/h3-4,8,11,13,15,17-18H,1-2,5-7H2/t11-,13+,15-/m0/s1. The third kappa shape index (κ3) is 2.20. The summed E-state index contributed by atoms with van der Waals surface area (Å²) in [5.41, 5.74) is 2.87. The fraction of sp³-hybridized carbons (Fsp3) is 0.533. The zero-order valence-corrected chi connectivity index (χ0v) is 10.8. The monoisotopic (exact) mass is 258 g/mol. The van der Waals surface area contributed by atoms with Gasteiger partial charge in [-0.3, -0.25) is 0 Å². The van der Waals surface area contributed by atoms with Crippen molar-refractivity contribution in [1.29, 1.82) is 5.26 Å². The average Bonchev–Trinajstić information content (AvgIpc) is 2.94. The molecule has 1 aromatic rings. The van der Waals surface area contributed by atoms with Gasteiger partial charge in [0.15, 0.2) is 0 Å². The van der Waals surface area contributed by atoms with E-state index in [9.17, 15) is 0 Å². The Hall–Kier alpha value is -1.57. The van der Waals surface area contributed by atoms with Crippen molar-refractivity contribution < 1.29 is 9.84 Å². The Bertz CT molecular complexity index is 509. The van der Waals surface area contributed by atoms with E-state index < -0.39 is 0 Å². The average molecular weight is 258 g/mol. The molecule has 2 N–H and O–H groups in total. The summed E-state index contributed by atoms with van der Waals surface area (Å²) in [4.78, 5) is 0. The topological polar surface area (TPSA) is 65.3 Å². The van der Waals surface area contributed by atoms with Crippen LogP contribution >= 0.6 is 0 Å². The van der Waals surface area contributed by atoms with Crippen molar-refractivity contribution in [2.24, 2.45) is 5.92 Å². The van der Waals surface area contributed by atoms with Gasteiger partial charge in [-0.05, 0) is 37.5 Å². The molecule has 0 aliphatic carbocycles. The molecule has 2 heterocycles. The lowest BCUT2D eigenvalue weighted by Crippen LogP contribution is -2.36. The van der Waals surface area contributed by atoms with Crippen LogP contribution in [0.2, 0.25) is 0 Å². The summed E-state index contributed by atoms with van der Waals surface area (Å²) in [5.74, 6) is 0.452. The first kappa shape index (κ1) is 12.5. The van der Waals surface area contributed by atoms with Gasteiger partial charge in [0.2, 0.25) is 0 Å². The summed E-state index contributed by atoms with van der Waals surface area (Å²) in [6.45, 7) is 1.01. The number of nitriles is 1. The molecule has 2 aliphatic rings. The van der Waals surface area contributed by atoms with Gasteiger partial charge in [-0.15, -0.1) is 0 Å². The number of hydrogen-bond acceptors (Lipinski definition) is 4. The quantitative estimate of drug-likeness (QED) is 0.872. The molecule has 0 bridgehead atoms. The molecule has 4 nitrogen and oxygen atoms in total. The SMILES string of the molecule is N#Cc1ccc2c(c1)[C@H]1OCC[C@H]1[C@@H](CCCO)N2. The number of rotatable bonds is 3. The minimum Gasteiger partial charge on any atom is -0.396 e. The molecule has 3 rings (SSSR count). The van der Waals surface area contributed by atoms with Crippen LogP contribution in [0.5, 0.6) is 0 Å². The predicted molar refractivity (Wildman–Crippen MR) is 71.7 cm³/mol. The van der Waals surface area contributed by atoms with Crippen LogP contribution in [0.1, 0.15) is 36.5 Å². The van der Waals surface area contributed by atoms with Crippen molar-refractivity contribution in [3.8, 4) is 6.07 Å². The highest BCUT2D eigenvalue weighted by atomic mass is 16.5. The number of aliphatic hydroxyl groups is 1. The van der Waals surface area contributed by atoms with Crippen LogP contribution in [0.15, 0.2) is 18.2 Å². The summed E-state index contributed by atoms with van der Waals surface area (Å²) in [6, 6.07) is 8.29. The van der Waals surface area contributed by atoms with Gasteiger partial charge in [0, 0.05) is 36.4 Å². The number of fused-ring (bicyclic) bond motifs is 3. The first-order valence-electron chi connectivity index (χ1n) is 6.86. The second kappa shape index (κ2) is 5.20. The molecule has 19 heavy (non-hydrogen) atoms. The molecule has 1 aromatic carbocycles. The number of aliphatic hydroxyl groups excluding tert-OH is 1. The first-order valence-corrected chi connectivity index (χ1v) is 6.86. The van der Waals surface area contributed by atoms with Gasteiger partial charge in [0.05, 0.1) is 17.7 Å². The second-order valence-electron chi connectivity index (χ2n) is 5.27. The van der Waals surface area contributed by atoms with Gasteiger partial charge < -0.3 is 15.2 Å². The molecule has 1 fully saturated rings. The van der Waals surface area contributed by atoms with Crippen molar-refractivity contribution in [2.45, 2.75) is 31.4 Å². The molecule has 0 amide bonds. The lowest BCUT2D eigenvalue weighted by Gasteiger charge is -2.36. The van der Waals surface area contributed by atoms with Gasteiger partial charge in [-0.2, -0.15) is 5.26 Å². The van der Waals surface area contributed by atoms with Crippen LogP contribution < -0.4 is 5.32 Å². The van der Waals surface area contributed by atoms with Crippen molar-refractivity contribution in [3.05, 3.63) is 29.3 Å². The maximum absolute atomic E-state index is 9.01. The van der Waals surface area contributed by atoms with Crippen LogP contribution in [0, 0.1) is 17.2 Å². The van der Waals surface area contributed by atoms with Gasteiger partial charge in [-0.1, -0.05) is 0 Å². The van der Waals surface area contributed by atoms with Gasteiger partial charge in [-0.25, -0.2) is 0 Å². The second-order valence-corrected chi connectivity index (χ2v) is 5.27. The number of nitrogens with zero attached hydrogens (tertiary/aromatic N) is 1. The van der Waals surface area contributed by atoms with E-state index in [1.165, 1.54) is 0 Å². The van der Waals surface area contributed by atoms with Crippen LogP contribution in [0.25, 0.3) is 0 Å². The van der Waals surface area contributed by atoms with Crippen LogP contribution in [-0.4, -0.2) is 24.4 Å². The first-order chi connectivity index (χ1) is 9.33. The molecule has 0 aromatic heterocycles. The van der Waals surface area contributed by atoms with E-state index in [4.69, 9.17) is 15.1 Å². The molecule has 0 radical (unpaired) electrons. The molecular formula is C15H18N2O2. The number of ether oxygens (including phenoxy) is 1. The Morgan fingerprint density at radius 3 is 3.16 bits per heavy atom. The fourth-order valence-corrected chi connectivity index (χ4v) is 3.24. The normalized spacial score (nSPS) is 28.1. The third-order valence-electron chi connectivity index (χ3n) is 4.16. The lowest BCUT2D eigenvalue weighted by atomic mass is 9.82. The van der Waals surface area contributed by atoms with Gasteiger partial charge >= 0.3 is 0 Å². The number of anilines is 1. The maximum Gasteiger partial charge on any atom is 0.0991 e. The zero-order valence-electron chi connectivity index (χ0n) is 10.8. The molecule has 0 unspecified atom stereocenters. The zero-order chi connectivity index (χ0) is 13.2. The highest BCUT2D eigenvalue weighted by molar-refractivity contribution is 5.58. The van der Waals surface area contributed by atoms with Crippen molar-refractivity contribution in [1.82, 2.24) is 0 Å². The van der Waals surface area contributed by atoms with E-state index >= 15 is 0 Å². The summed E-state index contributed by atoms with van der Waals surface area (Å²) >= 11 is 0. The van der Waals surface area contributed by atoms with E-state index in [1.54, 1.807) is 0 Å². The molecule has 4 heteroatoms. The van der Waals surface area contributed by atoms with Crippen LogP contribution in [0.3, 0.4) is 0 Å². The number of benzene rings is 1. The number of hydrogen-bond donors (Lipinski definition) is 2. The summed E-state index contributed by atoms with van der Waals surface area (Å²) < 4.78 is 5.88. The smallest absolute Gasteiger partial charge is 0.0991 e. The van der Waals surface area contributed by atoms with Gasteiger partial charge in [0.1, 0.15) is 0 Å². The Morgan fingerprint density at radius 2 is 2.37 bits per heavy atom. The summed E-state index contributed by atoms with van der Waals surface area (Å²) in [6.07, 6.45) is 2.92. The lowest BCUT2D eigenvalue weighted by molar-refractivity contribution is 0.0813. The number of nitrogens with one attached hydrogen (secondary N) is 1. The predicted octanol–water partition coefficient (Wildman–Crippen LogP) is 2.20. The van der Waals surface area contributed by atoms with E-state index in [-0.39, 0.29) is 12.7 Å². The van der Waals surface area contributed by atoms with Crippen LogP contribution in [-0.2, 0) is 4.74 Å². The minimum atomic E-state index is 0.105. The Balaban J connectivity index is 1.92. The molecule has 2 aliphatic heterocycles. The van der Waals surface area contributed by atoms with Crippen molar-refractivity contribution in [3.63, 3.8) is 0 Å². The molecule has 1 saturated heterocycles. The Labute approximate surface area is 113 Å². The summed E-state index contributed by atoms with van der Waals surface area (Å²) in [5, 5.41) is 21.6. The third-order valence-corrected chi connectivity index (χ3v) is 4.16. The Morgan fingerprint density at radius 1 is 1.47 bits per heavy atom. The maximum atomic E-state index is 9.01. The molecule has 0 spiro atoms. The van der Waals surface area contributed by atoms with Crippen molar-refractivity contribution >= 4 is 5.69 Å². The minimum absolute atomic E-state index is 0.105. The highest BCUT2D eigenvalue weighted by Gasteiger charge is 2.40. The van der Waals surface area contributed by atoms with Gasteiger partial charge in [0.25, 0.3) is 0 Å². The van der Waals surface area contributed by atoms with Crippen LogP contribution in [0.4, 0.5) is 5.69 Å². The van der Waals surface area contributed by atoms with Crippen molar-refractivity contribution in [2.75, 3.05) is 18.5 Å². The fourth-order valence-electron chi connectivity index (χ4n) is 3.24. The molecule has 3 atom stereocenters. The molecule has 100 valence electrons. The van der Waals surface area contributed by atoms with E-state index in [0.717, 1.165) is 37.1 Å². The van der Waals surface area contributed by atoms with E-state index in [1.807, 2.05) is 18.2 Å². The molecule has 0 saturated carbocycles. The van der Waals surface area contributed by atoms with E-state index in [2.05, 4.69) is 11.4 Å². The molecular weight excluding hydrogens is 240 g/mol. The largest absolute Gasteiger partial charge is 0.396 e. The highest BCUT2D eigenvalue weighted by Crippen LogP contribution is 2.45.